The highest BCUT2D eigenvalue weighted by atomic mass is 32.2. The van der Waals surface area contributed by atoms with E-state index in [0.29, 0.717) is 31.5 Å². The van der Waals surface area contributed by atoms with Crippen molar-refractivity contribution in [3.63, 3.8) is 0 Å². The molecule has 1 aromatic heterocycles. The first kappa shape index (κ1) is 16.5. The molecule has 0 saturated carbocycles. The molecule has 1 aliphatic rings. The number of piperidine rings is 1. The van der Waals surface area contributed by atoms with Crippen LogP contribution >= 0.6 is 0 Å². The number of rotatable bonds is 5. The summed E-state index contributed by atoms with van der Waals surface area (Å²) in [5, 5.41) is 4.13. The van der Waals surface area contributed by atoms with Crippen molar-refractivity contribution in [1.29, 1.82) is 0 Å². The molecular formula is C14H26N4O2S. The van der Waals surface area contributed by atoms with Crippen molar-refractivity contribution in [2.45, 2.75) is 51.1 Å². The molecule has 7 heteroatoms. The van der Waals surface area contributed by atoms with Gasteiger partial charge in [0.05, 0.1) is 6.20 Å². The maximum absolute atomic E-state index is 12.8. The molecule has 1 aliphatic heterocycles. The lowest BCUT2D eigenvalue weighted by atomic mass is 9.88. The predicted octanol–water partition coefficient (Wildman–Crippen LogP) is 1.29. The molecule has 2 rings (SSSR count). The molecule has 1 saturated heterocycles. The van der Waals surface area contributed by atoms with E-state index in [1.54, 1.807) is 15.2 Å². The van der Waals surface area contributed by atoms with Gasteiger partial charge in [-0.3, -0.25) is 4.68 Å². The fourth-order valence-corrected chi connectivity index (χ4v) is 4.77. The lowest BCUT2D eigenvalue weighted by molar-refractivity contribution is 0.157. The minimum atomic E-state index is -3.46. The van der Waals surface area contributed by atoms with Gasteiger partial charge in [0.25, 0.3) is 0 Å². The van der Waals surface area contributed by atoms with Gasteiger partial charge >= 0.3 is 0 Å². The van der Waals surface area contributed by atoms with Crippen molar-refractivity contribution in [3.05, 3.63) is 12.4 Å². The molecule has 0 aromatic carbocycles. The van der Waals surface area contributed by atoms with E-state index in [1.165, 1.54) is 6.20 Å². The summed E-state index contributed by atoms with van der Waals surface area (Å²) in [4.78, 5) is 0.285. The topological polar surface area (TPSA) is 81.2 Å². The van der Waals surface area contributed by atoms with Crippen LogP contribution in [0.1, 0.15) is 33.6 Å². The summed E-state index contributed by atoms with van der Waals surface area (Å²) >= 11 is 0. The zero-order valence-corrected chi connectivity index (χ0v) is 13.9. The molecule has 0 spiro atoms. The van der Waals surface area contributed by atoms with Crippen LogP contribution in [0.2, 0.25) is 0 Å². The summed E-state index contributed by atoms with van der Waals surface area (Å²) in [6.07, 6.45) is 4.92. The fraction of sp³-hybridized carbons (Fsp3) is 0.786. The van der Waals surface area contributed by atoms with Gasteiger partial charge in [0, 0.05) is 25.3 Å². The number of aromatic nitrogens is 2. The van der Waals surface area contributed by atoms with E-state index in [0.717, 1.165) is 12.8 Å². The second kappa shape index (κ2) is 6.46. The van der Waals surface area contributed by atoms with Gasteiger partial charge in [0.2, 0.25) is 10.0 Å². The third kappa shape index (κ3) is 3.46. The second-order valence-electron chi connectivity index (χ2n) is 6.21. The van der Waals surface area contributed by atoms with Gasteiger partial charge < -0.3 is 5.73 Å². The molecule has 21 heavy (non-hydrogen) atoms. The first-order chi connectivity index (χ1) is 9.86. The Morgan fingerprint density at radius 1 is 1.38 bits per heavy atom. The Bertz CT molecular complexity index is 569. The molecule has 2 heterocycles. The second-order valence-corrected chi connectivity index (χ2v) is 8.11. The average Bonchev–Trinajstić information content (AvgIpc) is 2.90. The Labute approximate surface area is 127 Å². The number of sulfonamides is 1. The van der Waals surface area contributed by atoms with Gasteiger partial charge in [-0.15, -0.1) is 0 Å². The molecule has 0 aliphatic carbocycles. The Morgan fingerprint density at radius 2 is 2.10 bits per heavy atom. The van der Waals surface area contributed by atoms with Gasteiger partial charge in [-0.1, -0.05) is 13.8 Å². The molecule has 3 atom stereocenters. The van der Waals surface area contributed by atoms with Gasteiger partial charge in [0.15, 0.2) is 0 Å². The summed E-state index contributed by atoms with van der Waals surface area (Å²) < 4.78 is 28.9. The lowest BCUT2D eigenvalue weighted by Gasteiger charge is -2.39. The van der Waals surface area contributed by atoms with E-state index in [4.69, 9.17) is 5.73 Å². The molecule has 6 nitrogen and oxygen atoms in total. The molecule has 3 unspecified atom stereocenters. The third-order valence-corrected chi connectivity index (χ3v) is 6.26. The van der Waals surface area contributed by atoms with E-state index in [1.807, 2.05) is 6.92 Å². The zero-order valence-electron chi connectivity index (χ0n) is 13.1. The maximum Gasteiger partial charge on any atom is 0.246 e. The predicted molar refractivity (Wildman–Crippen MR) is 82.2 cm³/mol. The summed E-state index contributed by atoms with van der Waals surface area (Å²) in [6, 6.07) is 0.0265. The van der Waals surface area contributed by atoms with Crippen LogP contribution in [0.15, 0.2) is 17.3 Å². The Hall–Kier alpha value is -0.920. The highest BCUT2D eigenvalue weighted by Gasteiger charge is 2.37. The molecule has 0 amide bonds. The summed E-state index contributed by atoms with van der Waals surface area (Å²) in [5.74, 6) is 0.758. The summed E-state index contributed by atoms with van der Waals surface area (Å²) in [7, 11) is -3.46. The quantitative estimate of drug-likeness (QED) is 0.888. The van der Waals surface area contributed by atoms with Gasteiger partial charge in [0.1, 0.15) is 4.90 Å². The van der Waals surface area contributed by atoms with Crippen LogP contribution in [0, 0.1) is 11.8 Å². The first-order valence-electron chi connectivity index (χ1n) is 7.60. The maximum atomic E-state index is 12.8. The van der Waals surface area contributed by atoms with Crippen LogP contribution in [0.25, 0.3) is 0 Å². The minimum Gasteiger partial charge on any atom is -0.330 e. The highest BCUT2D eigenvalue weighted by molar-refractivity contribution is 7.89. The van der Waals surface area contributed by atoms with Crippen molar-refractivity contribution in [1.82, 2.24) is 14.1 Å². The van der Waals surface area contributed by atoms with Gasteiger partial charge in [-0.2, -0.15) is 9.40 Å². The van der Waals surface area contributed by atoms with E-state index < -0.39 is 10.0 Å². The monoisotopic (exact) mass is 314 g/mol. The third-order valence-electron chi connectivity index (χ3n) is 4.35. The largest absolute Gasteiger partial charge is 0.330 e. The Kier molecular flexibility index (Phi) is 5.06. The van der Waals surface area contributed by atoms with E-state index >= 15 is 0 Å². The summed E-state index contributed by atoms with van der Waals surface area (Å²) in [6.45, 7) is 8.02. The van der Waals surface area contributed by atoms with Crippen LogP contribution in [0.5, 0.6) is 0 Å². The lowest BCUT2D eigenvalue weighted by Crippen LogP contribution is -2.48. The number of nitrogens with zero attached hydrogens (tertiary/aromatic N) is 3. The van der Waals surface area contributed by atoms with E-state index in [2.05, 4.69) is 18.9 Å². The van der Waals surface area contributed by atoms with Crippen LogP contribution in [-0.2, 0) is 16.6 Å². The standard InChI is InChI=1S/C14H26N4O2S/c1-11-7-12(2)13(3)18(9-11)21(19,20)14-8-16-17(10-14)6-4-5-15/h8,10-13H,4-7,9,15H2,1-3H3. The Balaban J connectivity index is 2.22. The van der Waals surface area contributed by atoms with Crippen LogP contribution in [0.3, 0.4) is 0 Å². The molecule has 0 bridgehead atoms. The van der Waals surface area contributed by atoms with E-state index in [9.17, 15) is 8.42 Å². The molecule has 1 aromatic rings. The van der Waals surface area contributed by atoms with Crippen LogP contribution in [-0.4, -0.2) is 41.6 Å². The fourth-order valence-electron chi connectivity index (χ4n) is 2.97. The van der Waals surface area contributed by atoms with Crippen molar-refractivity contribution in [2.24, 2.45) is 17.6 Å². The van der Waals surface area contributed by atoms with Crippen molar-refractivity contribution >= 4 is 10.0 Å². The molecule has 120 valence electrons. The van der Waals surface area contributed by atoms with Crippen molar-refractivity contribution < 1.29 is 8.42 Å². The van der Waals surface area contributed by atoms with Crippen LogP contribution in [0.4, 0.5) is 0 Å². The number of aryl methyl sites for hydroxylation is 1. The van der Waals surface area contributed by atoms with Crippen LogP contribution < -0.4 is 5.73 Å². The van der Waals surface area contributed by atoms with E-state index in [-0.39, 0.29) is 10.9 Å². The smallest absolute Gasteiger partial charge is 0.246 e. The first-order valence-corrected chi connectivity index (χ1v) is 9.04. The Morgan fingerprint density at radius 3 is 2.76 bits per heavy atom. The molecule has 2 N–H and O–H groups in total. The summed E-state index contributed by atoms with van der Waals surface area (Å²) in [5.41, 5.74) is 5.47. The molecule has 1 fully saturated rings. The normalized spacial score (nSPS) is 27.9. The minimum absolute atomic E-state index is 0.0265. The van der Waals surface area contributed by atoms with Gasteiger partial charge in [-0.25, -0.2) is 8.42 Å². The molecular weight excluding hydrogens is 288 g/mol. The highest BCUT2D eigenvalue weighted by Crippen LogP contribution is 2.31. The number of nitrogens with two attached hydrogens (primary N) is 1. The number of hydrogen-bond donors (Lipinski definition) is 1. The van der Waals surface area contributed by atoms with Gasteiger partial charge in [-0.05, 0) is 38.1 Å². The van der Waals surface area contributed by atoms with Crippen molar-refractivity contribution in [3.8, 4) is 0 Å². The average molecular weight is 314 g/mol. The SMILES string of the molecule is CC1CC(C)C(C)N(S(=O)(=O)c2cnn(CCCN)c2)C1. The van der Waals surface area contributed by atoms with Crippen molar-refractivity contribution in [2.75, 3.05) is 13.1 Å². The number of hydrogen-bond acceptors (Lipinski definition) is 4. The zero-order chi connectivity index (χ0) is 15.6. The molecule has 0 radical (unpaired) electrons.